The van der Waals surface area contributed by atoms with Crippen molar-refractivity contribution in [1.29, 1.82) is 0 Å². The largest absolute Gasteiger partial charge is 0.356 e. The molecule has 1 aromatic carbocycles. The molecule has 0 fully saturated rings. The van der Waals surface area contributed by atoms with Crippen LogP contribution in [-0.4, -0.2) is 14.9 Å². The van der Waals surface area contributed by atoms with Crippen LogP contribution in [0.5, 0.6) is 0 Å². The number of hydrogen-bond donors (Lipinski definition) is 0. The lowest BCUT2D eigenvalue weighted by Crippen LogP contribution is -2.24. The van der Waals surface area contributed by atoms with Crippen LogP contribution >= 0.6 is 11.3 Å². The molecule has 7 heteroatoms. The van der Waals surface area contributed by atoms with E-state index >= 15 is 0 Å². The van der Waals surface area contributed by atoms with Crippen LogP contribution in [0.3, 0.4) is 0 Å². The molecular formula is C19H14FN3O2S. The van der Waals surface area contributed by atoms with Gasteiger partial charge < -0.3 is 4.52 Å². The number of benzene rings is 1. The van der Waals surface area contributed by atoms with Gasteiger partial charge in [0.15, 0.2) is 5.76 Å². The van der Waals surface area contributed by atoms with E-state index in [2.05, 4.69) is 10.3 Å². The summed E-state index contributed by atoms with van der Waals surface area (Å²) in [6.45, 7) is 1.87. The predicted octanol–water partition coefficient (Wildman–Crippen LogP) is 4.12. The van der Waals surface area contributed by atoms with Gasteiger partial charge in [0.1, 0.15) is 11.5 Å². The Kier molecular flexibility index (Phi) is 4.22. The van der Waals surface area contributed by atoms with Gasteiger partial charge in [-0.05, 0) is 24.4 Å². The van der Waals surface area contributed by atoms with E-state index < -0.39 is 0 Å². The quantitative estimate of drug-likeness (QED) is 0.544. The lowest BCUT2D eigenvalue weighted by Gasteiger charge is -2.10. The molecular weight excluding hydrogens is 353 g/mol. The van der Waals surface area contributed by atoms with Crippen LogP contribution in [0.15, 0.2) is 63.2 Å². The molecule has 4 aromatic rings. The Morgan fingerprint density at radius 1 is 1.19 bits per heavy atom. The molecule has 0 saturated heterocycles. The third-order valence-corrected chi connectivity index (χ3v) is 4.80. The van der Waals surface area contributed by atoms with Gasteiger partial charge in [-0.25, -0.2) is 9.07 Å². The molecule has 5 nitrogen and oxygen atoms in total. The number of nitrogens with zero attached hydrogens (tertiary/aromatic N) is 3. The summed E-state index contributed by atoms with van der Waals surface area (Å²) in [7, 11) is 0. The molecule has 3 aromatic heterocycles. The number of halogens is 1. The first-order valence-corrected chi connectivity index (χ1v) is 8.83. The Balaban J connectivity index is 1.86. The van der Waals surface area contributed by atoms with Crippen molar-refractivity contribution >= 4 is 11.3 Å². The van der Waals surface area contributed by atoms with Crippen molar-refractivity contribution in [3.8, 4) is 21.9 Å². The Labute approximate surface area is 152 Å². The summed E-state index contributed by atoms with van der Waals surface area (Å²) < 4.78 is 20.6. The van der Waals surface area contributed by atoms with Crippen molar-refractivity contribution in [3.05, 3.63) is 81.3 Å². The molecule has 130 valence electrons. The van der Waals surface area contributed by atoms with Gasteiger partial charge in [-0.2, -0.15) is 5.10 Å². The number of hydrogen-bond acceptors (Lipinski definition) is 5. The highest BCUT2D eigenvalue weighted by Gasteiger charge is 2.17. The van der Waals surface area contributed by atoms with E-state index in [1.807, 2.05) is 24.4 Å². The second kappa shape index (κ2) is 6.68. The smallest absolute Gasteiger partial charge is 0.267 e. The lowest BCUT2D eigenvalue weighted by atomic mass is 10.1. The summed E-state index contributed by atoms with van der Waals surface area (Å²) in [6, 6.07) is 13.4. The van der Waals surface area contributed by atoms with Gasteiger partial charge in [-0.15, -0.1) is 11.3 Å². The average Bonchev–Trinajstić information content (AvgIpc) is 3.30. The van der Waals surface area contributed by atoms with Crippen molar-refractivity contribution in [3.63, 3.8) is 0 Å². The van der Waals surface area contributed by atoms with Gasteiger partial charge in [0.05, 0.1) is 22.7 Å². The van der Waals surface area contributed by atoms with Crippen LogP contribution in [0.1, 0.15) is 11.3 Å². The predicted molar refractivity (Wildman–Crippen MR) is 97.5 cm³/mol. The Bertz CT molecular complexity index is 1120. The molecule has 0 aliphatic rings. The summed E-state index contributed by atoms with van der Waals surface area (Å²) in [5, 5.41) is 10.3. The van der Waals surface area contributed by atoms with Crippen molar-refractivity contribution in [2.24, 2.45) is 0 Å². The molecule has 0 atom stereocenters. The first-order chi connectivity index (χ1) is 12.6. The number of rotatable bonds is 4. The van der Waals surface area contributed by atoms with E-state index in [0.717, 1.165) is 4.88 Å². The SMILES string of the molecule is Cc1cc(-c2cc(=O)n(Cc3ccccc3F)nc2-c2cccs2)on1. The molecule has 0 saturated carbocycles. The third kappa shape index (κ3) is 3.09. The normalized spacial score (nSPS) is 11.0. The molecule has 3 heterocycles. The van der Waals surface area contributed by atoms with Gasteiger partial charge in [0, 0.05) is 17.7 Å². The fourth-order valence-corrected chi connectivity index (χ4v) is 3.39. The minimum absolute atomic E-state index is 0.0552. The summed E-state index contributed by atoms with van der Waals surface area (Å²) in [6.07, 6.45) is 0. The van der Waals surface area contributed by atoms with Crippen LogP contribution in [0, 0.1) is 12.7 Å². The summed E-state index contributed by atoms with van der Waals surface area (Å²) in [5.74, 6) is 0.113. The van der Waals surface area contributed by atoms with Crippen LogP contribution in [0.4, 0.5) is 4.39 Å². The van der Waals surface area contributed by atoms with E-state index in [-0.39, 0.29) is 17.9 Å². The highest BCUT2D eigenvalue weighted by atomic mass is 32.1. The first-order valence-electron chi connectivity index (χ1n) is 7.95. The zero-order valence-electron chi connectivity index (χ0n) is 13.8. The molecule has 0 radical (unpaired) electrons. The minimum Gasteiger partial charge on any atom is -0.356 e. The van der Waals surface area contributed by atoms with E-state index in [4.69, 9.17) is 4.52 Å². The number of thiophene rings is 1. The summed E-state index contributed by atoms with van der Waals surface area (Å²) >= 11 is 1.50. The third-order valence-electron chi connectivity index (χ3n) is 3.92. The lowest BCUT2D eigenvalue weighted by molar-refractivity contribution is 0.426. The van der Waals surface area contributed by atoms with Crippen LogP contribution in [0.2, 0.25) is 0 Å². The molecule has 4 rings (SSSR count). The standard InChI is InChI=1S/C19H14FN3O2S/c1-12-9-16(25-22-12)14-10-18(24)23(11-13-5-2-3-6-15(13)20)21-19(14)17-7-4-8-26-17/h2-10H,11H2,1H3. The maximum Gasteiger partial charge on any atom is 0.267 e. The summed E-state index contributed by atoms with van der Waals surface area (Å²) in [5.41, 5.74) is 1.96. The number of aromatic nitrogens is 3. The maximum absolute atomic E-state index is 14.0. The van der Waals surface area contributed by atoms with E-state index in [1.54, 1.807) is 24.3 Å². The molecule has 0 bridgehead atoms. The average molecular weight is 367 g/mol. The first kappa shape index (κ1) is 16.4. The van der Waals surface area contributed by atoms with E-state index in [0.29, 0.717) is 28.3 Å². The van der Waals surface area contributed by atoms with Crippen molar-refractivity contribution < 1.29 is 8.91 Å². The van der Waals surface area contributed by atoms with Crippen molar-refractivity contribution in [2.45, 2.75) is 13.5 Å². The molecule has 26 heavy (non-hydrogen) atoms. The van der Waals surface area contributed by atoms with Gasteiger partial charge >= 0.3 is 0 Å². The van der Waals surface area contributed by atoms with Gasteiger partial charge in [-0.3, -0.25) is 4.79 Å². The van der Waals surface area contributed by atoms with E-state index in [9.17, 15) is 9.18 Å². The van der Waals surface area contributed by atoms with Gasteiger partial charge in [0.2, 0.25) is 0 Å². The fourth-order valence-electron chi connectivity index (χ4n) is 2.67. The molecule has 0 spiro atoms. The minimum atomic E-state index is -0.367. The van der Waals surface area contributed by atoms with Crippen LogP contribution < -0.4 is 5.56 Å². The van der Waals surface area contributed by atoms with E-state index in [1.165, 1.54) is 28.2 Å². The zero-order chi connectivity index (χ0) is 18.1. The summed E-state index contributed by atoms with van der Waals surface area (Å²) in [4.78, 5) is 13.5. The van der Waals surface area contributed by atoms with Crippen LogP contribution in [-0.2, 0) is 6.54 Å². The van der Waals surface area contributed by atoms with Crippen molar-refractivity contribution in [2.75, 3.05) is 0 Å². The Morgan fingerprint density at radius 2 is 2.04 bits per heavy atom. The molecule has 0 amide bonds. The van der Waals surface area contributed by atoms with Crippen LogP contribution in [0.25, 0.3) is 21.9 Å². The maximum atomic E-state index is 14.0. The fraction of sp³-hybridized carbons (Fsp3) is 0.105. The molecule has 0 aliphatic heterocycles. The van der Waals surface area contributed by atoms with Gasteiger partial charge in [-0.1, -0.05) is 29.4 Å². The van der Waals surface area contributed by atoms with Gasteiger partial charge in [0.25, 0.3) is 5.56 Å². The topological polar surface area (TPSA) is 60.9 Å². The Morgan fingerprint density at radius 3 is 2.73 bits per heavy atom. The highest BCUT2D eigenvalue weighted by Crippen LogP contribution is 2.32. The second-order valence-corrected chi connectivity index (χ2v) is 6.75. The number of aryl methyl sites for hydroxylation is 1. The molecule has 0 unspecified atom stereocenters. The van der Waals surface area contributed by atoms with Crippen molar-refractivity contribution in [1.82, 2.24) is 14.9 Å². The molecule has 0 aliphatic carbocycles. The Hall–Kier alpha value is -3.06. The molecule has 0 N–H and O–H groups in total. The highest BCUT2D eigenvalue weighted by molar-refractivity contribution is 7.13. The monoisotopic (exact) mass is 367 g/mol. The second-order valence-electron chi connectivity index (χ2n) is 5.80. The zero-order valence-corrected chi connectivity index (χ0v) is 14.7.